The fourth-order valence-electron chi connectivity index (χ4n) is 3.99. The first kappa shape index (κ1) is 18.9. The van der Waals surface area contributed by atoms with Crippen LogP contribution in [0.25, 0.3) is 0 Å². The third-order valence-corrected chi connectivity index (χ3v) is 5.66. The number of carbonyl (C=O) groups is 2. The minimum Gasteiger partial charge on any atom is -0.343 e. The van der Waals surface area contributed by atoms with Gasteiger partial charge in [-0.1, -0.05) is 25.0 Å². The Kier molecular flexibility index (Phi) is 6.64. The lowest BCUT2D eigenvalue weighted by Crippen LogP contribution is -2.44. The van der Waals surface area contributed by atoms with E-state index in [2.05, 4.69) is 0 Å². The van der Waals surface area contributed by atoms with E-state index in [1.807, 2.05) is 9.80 Å². The van der Waals surface area contributed by atoms with Crippen LogP contribution in [0.3, 0.4) is 0 Å². The second kappa shape index (κ2) is 9.15. The second-order valence-corrected chi connectivity index (χ2v) is 7.52. The summed E-state index contributed by atoms with van der Waals surface area (Å²) >= 11 is 0. The summed E-state index contributed by atoms with van der Waals surface area (Å²) in [5.74, 6) is 0.255. The minimum atomic E-state index is -0.253. The van der Waals surface area contributed by atoms with E-state index in [4.69, 9.17) is 0 Å². The van der Waals surface area contributed by atoms with Gasteiger partial charge in [0.2, 0.25) is 11.8 Å². The van der Waals surface area contributed by atoms with Gasteiger partial charge in [-0.2, -0.15) is 0 Å². The second-order valence-electron chi connectivity index (χ2n) is 7.52. The Morgan fingerprint density at radius 1 is 0.885 bits per heavy atom. The van der Waals surface area contributed by atoms with E-state index in [1.165, 1.54) is 25.0 Å². The molecule has 0 bridgehead atoms. The molecule has 26 heavy (non-hydrogen) atoms. The quantitative estimate of drug-likeness (QED) is 0.826. The van der Waals surface area contributed by atoms with E-state index in [0.717, 1.165) is 44.3 Å². The number of nitrogens with zero attached hydrogens (tertiary/aromatic N) is 2. The molecule has 0 spiro atoms. The SMILES string of the molecule is O=C(CCc1ccc(F)cc1)N1CCC(C(=O)N2CCCCCC2)CC1. The first-order chi connectivity index (χ1) is 12.6. The Balaban J connectivity index is 1.43. The van der Waals surface area contributed by atoms with Crippen molar-refractivity contribution in [2.45, 2.75) is 51.4 Å². The minimum absolute atomic E-state index is 0.0780. The summed E-state index contributed by atoms with van der Waals surface area (Å²) in [6.07, 6.45) is 7.31. The lowest BCUT2D eigenvalue weighted by Gasteiger charge is -2.34. The number of halogens is 1. The molecule has 2 aliphatic heterocycles. The molecule has 0 N–H and O–H groups in total. The van der Waals surface area contributed by atoms with Gasteiger partial charge >= 0.3 is 0 Å². The maximum absolute atomic E-state index is 12.9. The van der Waals surface area contributed by atoms with E-state index in [-0.39, 0.29) is 17.6 Å². The van der Waals surface area contributed by atoms with Gasteiger partial charge in [-0.3, -0.25) is 9.59 Å². The monoisotopic (exact) mass is 360 g/mol. The summed E-state index contributed by atoms with van der Waals surface area (Å²) in [6, 6.07) is 6.32. The Hall–Kier alpha value is -1.91. The number of rotatable bonds is 4. The summed E-state index contributed by atoms with van der Waals surface area (Å²) < 4.78 is 12.9. The van der Waals surface area contributed by atoms with Crippen molar-refractivity contribution in [1.82, 2.24) is 9.80 Å². The van der Waals surface area contributed by atoms with Crippen LogP contribution in [0.1, 0.15) is 50.5 Å². The average molecular weight is 360 g/mol. The number of benzene rings is 1. The number of amides is 2. The average Bonchev–Trinajstić information content (AvgIpc) is 2.96. The van der Waals surface area contributed by atoms with Crippen LogP contribution in [0.4, 0.5) is 4.39 Å². The number of hydrogen-bond acceptors (Lipinski definition) is 2. The largest absolute Gasteiger partial charge is 0.343 e. The highest BCUT2D eigenvalue weighted by Crippen LogP contribution is 2.22. The molecule has 2 heterocycles. The number of piperidine rings is 1. The summed E-state index contributed by atoms with van der Waals surface area (Å²) in [5, 5.41) is 0. The van der Waals surface area contributed by atoms with Crippen LogP contribution in [-0.4, -0.2) is 47.8 Å². The third-order valence-electron chi connectivity index (χ3n) is 5.66. The number of likely N-dealkylation sites (tertiary alicyclic amines) is 2. The molecule has 142 valence electrons. The fraction of sp³-hybridized carbons (Fsp3) is 0.619. The maximum Gasteiger partial charge on any atom is 0.225 e. The molecule has 4 nitrogen and oxygen atoms in total. The summed E-state index contributed by atoms with van der Waals surface area (Å²) in [4.78, 5) is 29.1. The van der Waals surface area contributed by atoms with Gasteiger partial charge in [-0.05, 0) is 49.8 Å². The number of aryl methyl sites for hydroxylation is 1. The van der Waals surface area contributed by atoms with Crippen molar-refractivity contribution in [2.75, 3.05) is 26.2 Å². The topological polar surface area (TPSA) is 40.6 Å². The normalized spacial score (nSPS) is 19.3. The van der Waals surface area contributed by atoms with Crippen molar-refractivity contribution < 1.29 is 14.0 Å². The molecule has 3 rings (SSSR count). The standard InChI is InChI=1S/C21H29FN2O2/c22-19-8-5-17(6-9-19)7-10-20(25)23-15-11-18(12-16-23)21(26)24-13-3-1-2-4-14-24/h5-6,8-9,18H,1-4,7,10-16H2. The molecule has 1 aromatic rings. The molecule has 2 amide bonds. The molecule has 2 saturated heterocycles. The molecule has 0 aliphatic carbocycles. The van der Waals surface area contributed by atoms with Crippen LogP contribution in [0, 0.1) is 11.7 Å². The molecule has 0 unspecified atom stereocenters. The zero-order valence-corrected chi connectivity index (χ0v) is 15.5. The lowest BCUT2D eigenvalue weighted by atomic mass is 9.94. The highest BCUT2D eigenvalue weighted by molar-refractivity contribution is 5.80. The third kappa shape index (κ3) is 5.05. The number of hydrogen-bond donors (Lipinski definition) is 0. The Bertz CT molecular complexity index is 601. The van der Waals surface area contributed by atoms with Crippen LogP contribution in [0.15, 0.2) is 24.3 Å². The molecule has 1 aromatic carbocycles. The molecule has 0 saturated carbocycles. The zero-order chi connectivity index (χ0) is 18.4. The highest BCUT2D eigenvalue weighted by atomic mass is 19.1. The van der Waals surface area contributed by atoms with Crippen molar-refractivity contribution >= 4 is 11.8 Å². The predicted octanol–water partition coefficient (Wildman–Crippen LogP) is 3.40. The summed E-state index contributed by atoms with van der Waals surface area (Å²) in [5.41, 5.74) is 0.978. The van der Waals surface area contributed by atoms with Crippen molar-refractivity contribution in [1.29, 1.82) is 0 Å². The molecule has 0 radical (unpaired) electrons. The van der Waals surface area contributed by atoms with Gasteiger partial charge in [-0.15, -0.1) is 0 Å². The van der Waals surface area contributed by atoms with Gasteiger partial charge in [-0.25, -0.2) is 4.39 Å². The van der Waals surface area contributed by atoms with Crippen molar-refractivity contribution in [3.05, 3.63) is 35.6 Å². The predicted molar refractivity (Wildman–Crippen MR) is 99.1 cm³/mol. The van der Waals surface area contributed by atoms with Gasteiger partial charge in [0.1, 0.15) is 5.82 Å². The van der Waals surface area contributed by atoms with E-state index in [0.29, 0.717) is 31.8 Å². The van der Waals surface area contributed by atoms with Crippen LogP contribution in [0.5, 0.6) is 0 Å². The Labute approximate surface area is 155 Å². The van der Waals surface area contributed by atoms with Gasteiger partial charge in [0, 0.05) is 38.5 Å². The maximum atomic E-state index is 12.9. The molecule has 2 fully saturated rings. The van der Waals surface area contributed by atoms with Gasteiger partial charge in [0.05, 0.1) is 0 Å². The molecular formula is C21H29FN2O2. The van der Waals surface area contributed by atoms with Crippen molar-refractivity contribution in [2.24, 2.45) is 5.92 Å². The van der Waals surface area contributed by atoms with Crippen LogP contribution in [-0.2, 0) is 16.0 Å². The Morgan fingerprint density at radius 2 is 1.50 bits per heavy atom. The first-order valence-electron chi connectivity index (χ1n) is 9.94. The summed E-state index contributed by atoms with van der Waals surface area (Å²) in [7, 11) is 0. The molecule has 2 aliphatic rings. The van der Waals surface area contributed by atoms with E-state index < -0.39 is 0 Å². The molecule has 0 aromatic heterocycles. The molecule has 0 atom stereocenters. The zero-order valence-electron chi connectivity index (χ0n) is 15.5. The van der Waals surface area contributed by atoms with E-state index >= 15 is 0 Å². The van der Waals surface area contributed by atoms with Crippen molar-refractivity contribution in [3.8, 4) is 0 Å². The lowest BCUT2D eigenvalue weighted by molar-refractivity contribution is -0.140. The highest BCUT2D eigenvalue weighted by Gasteiger charge is 2.30. The summed E-state index contributed by atoms with van der Waals surface area (Å²) in [6.45, 7) is 3.14. The van der Waals surface area contributed by atoms with E-state index in [9.17, 15) is 14.0 Å². The smallest absolute Gasteiger partial charge is 0.225 e. The van der Waals surface area contributed by atoms with Gasteiger partial charge in [0.15, 0.2) is 0 Å². The van der Waals surface area contributed by atoms with Crippen molar-refractivity contribution in [3.63, 3.8) is 0 Å². The van der Waals surface area contributed by atoms with Crippen LogP contribution < -0.4 is 0 Å². The fourth-order valence-corrected chi connectivity index (χ4v) is 3.99. The van der Waals surface area contributed by atoms with Gasteiger partial charge in [0.25, 0.3) is 0 Å². The molecule has 5 heteroatoms. The first-order valence-corrected chi connectivity index (χ1v) is 9.94. The Morgan fingerprint density at radius 3 is 2.12 bits per heavy atom. The number of carbonyl (C=O) groups excluding carboxylic acids is 2. The van der Waals surface area contributed by atoms with Gasteiger partial charge < -0.3 is 9.80 Å². The van der Waals surface area contributed by atoms with Crippen LogP contribution in [0.2, 0.25) is 0 Å². The van der Waals surface area contributed by atoms with E-state index in [1.54, 1.807) is 12.1 Å². The molecular weight excluding hydrogens is 331 g/mol. The van der Waals surface area contributed by atoms with Crippen LogP contribution >= 0.6 is 0 Å².